The van der Waals surface area contributed by atoms with Gasteiger partial charge in [0.15, 0.2) is 0 Å². The minimum atomic E-state index is -0.626. The van der Waals surface area contributed by atoms with Crippen molar-refractivity contribution in [2.75, 3.05) is 0 Å². The molecule has 0 saturated heterocycles. The molecular formula is C12H12F2OS. The number of benzene rings is 1. The van der Waals surface area contributed by atoms with Crippen molar-refractivity contribution in [3.63, 3.8) is 0 Å². The maximum absolute atomic E-state index is 13.5. The number of carbonyl (C=O) groups excluding carboxylic acids is 1. The van der Waals surface area contributed by atoms with Gasteiger partial charge >= 0.3 is 0 Å². The SMILES string of the molecule is O=Cc1cc(F)c(SC2CCCC2)c(F)c1. The van der Waals surface area contributed by atoms with Gasteiger partial charge in [-0.2, -0.15) is 0 Å². The Bertz CT molecular complexity index is 377. The number of rotatable bonds is 3. The average Bonchev–Trinajstić information content (AvgIpc) is 2.75. The van der Waals surface area contributed by atoms with Gasteiger partial charge in [-0.3, -0.25) is 4.79 Å². The molecule has 1 nitrogen and oxygen atoms in total. The van der Waals surface area contributed by atoms with Crippen LogP contribution in [0.4, 0.5) is 8.78 Å². The zero-order valence-electron chi connectivity index (χ0n) is 8.71. The van der Waals surface area contributed by atoms with E-state index in [1.807, 2.05) is 0 Å². The van der Waals surface area contributed by atoms with Crippen molar-refractivity contribution >= 4 is 18.0 Å². The van der Waals surface area contributed by atoms with Crippen molar-refractivity contribution in [2.45, 2.75) is 35.8 Å². The van der Waals surface area contributed by atoms with Crippen LogP contribution in [0.1, 0.15) is 36.0 Å². The van der Waals surface area contributed by atoms with Crippen LogP contribution in [0.15, 0.2) is 17.0 Å². The second kappa shape index (κ2) is 4.95. The third kappa shape index (κ3) is 2.43. The molecule has 86 valence electrons. The Balaban J connectivity index is 2.22. The molecule has 0 radical (unpaired) electrons. The quantitative estimate of drug-likeness (QED) is 0.750. The van der Waals surface area contributed by atoms with E-state index in [2.05, 4.69) is 0 Å². The average molecular weight is 242 g/mol. The van der Waals surface area contributed by atoms with Crippen LogP contribution in [-0.2, 0) is 0 Å². The lowest BCUT2D eigenvalue weighted by Gasteiger charge is -2.10. The first kappa shape index (κ1) is 11.6. The van der Waals surface area contributed by atoms with E-state index < -0.39 is 11.6 Å². The molecule has 2 rings (SSSR count). The molecule has 1 aromatic carbocycles. The first-order valence-electron chi connectivity index (χ1n) is 5.31. The standard InChI is InChI=1S/C12H12F2OS/c13-10-5-8(7-15)6-11(14)12(10)16-9-3-1-2-4-9/h5-7,9H,1-4H2. The predicted molar refractivity (Wildman–Crippen MR) is 59.9 cm³/mol. The Morgan fingerprint density at radius 1 is 1.19 bits per heavy atom. The minimum Gasteiger partial charge on any atom is -0.298 e. The lowest BCUT2D eigenvalue weighted by Crippen LogP contribution is -1.98. The topological polar surface area (TPSA) is 17.1 Å². The predicted octanol–water partition coefficient (Wildman–Crippen LogP) is 3.81. The second-order valence-electron chi connectivity index (χ2n) is 3.96. The fraction of sp³-hybridized carbons (Fsp3) is 0.417. The molecule has 0 unspecified atom stereocenters. The fourth-order valence-corrected chi connectivity index (χ4v) is 3.18. The third-order valence-corrected chi connectivity index (χ3v) is 4.17. The van der Waals surface area contributed by atoms with Crippen LogP contribution in [0, 0.1) is 11.6 Å². The van der Waals surface area contributed by atoms with Crippen molar-refractivity contribution in [3.05, 3.63) is 29.3 Å². The van der Waals surface area contributed by atoms with E-state index >= 15 is 0 Å². The summed E-state index contributed by atoms with van der Waals surface area (Å²) in [4.78, 5) is 10.5. The lowest BCUT2D eigenvalue weighted by atomic mass is 10.2. The summed E-state index contributed by atoms with van der Waals surface area (Å²) < 4.78 is 27.1. The summed E-state index contributed by atoms with van der Waals surface area (Å²) in [5.41, 5.74) is 0.0470. The van der Waals surface area contributed by atoms with E-state index in [0.29, 0.717) is 11.5 Å². The van der Waals surface area contributed by atoms with Crippen LogP contribution < -0.4 is 0 Å². The Hall–Kier alpha value is -0.900. The molecule has 1 aliphatic carbocycles. The maximum atomic E-state index is 13.5. The Kier molecular flexibility index (Phi) is 3.59. The van der Waals surface area contributed by atoms with Crippen LogP contribution in [-0.4, -0.2) is 11.5 Å². The fourth-order valence-electron chi connectivity index (χ4n) is 1.93. The van der Waals surface area contributed by atoms with Crippen LogP contribution >= 0.6 is 11.8 Å². The van der Waals surface area contributed by atoms with Gasteiger partial charge in [0.05, 0.1) is 4.90 Å². The van der Waals surface area contributed by atoms with Crippen LogP contribution in [0.3, 0.4) is 0 Å². The van der Waals surface area contributed by atoms with Crippen molar-refractivity contribution in [3.8, 4) is 0 Å². The zero-order chi connectivity index (χ0) is 11.5. The van der Waals surface area contributed by atoms with Crippen molar-refractivity contribution in [1.82, 2.24) is 0 Å². The minimum absolute atomic E-state index is 0.0470. The number of hydrogen-bond acceptors (Lipinski definition) is 2. The highest BCUT2D eigenvalue weighted by atomic mass is 32.2. The molecule has 1 saturated carbocycles. The molecule has 0 aromatic heterocycles. The molecule has 0 heterocycles. The van der Waals surface area contributed by atoms with Gasteiger partial charge in [-0.05, 0) is 25.0 Å². The normalized spacial score (nSPS) is 16.6. The van der Waals surface area contributed by atoms with Gasteiger partial charge < -0.3 is 0 Å². The molecule has 1 aromatic rings. The monoisotopic (exact) mass is 242 g/mol. The molecule has 16 heavy (non-hydrogen) atoms. The smallest absolute Gasteiger partial charge is 0.150 e. The number of carbonyl (C=O) groups is 1. The summed E-state index contributed by atoms with van der Waals surface area (Å²) in [6, 6.07) is 2.18. The molecule has 4 heteroatoms. The molecule has 0 bridgehead atoms. The van der Waals surface area contributed by atoms with Crippen LogP contribution in [0.25, 0.3) is 0 Å². The lowest BCUT2D eigenvalue weighted by molar-refractivity contribution is 0.112. The van der Waals surface area contributed by atoms with Gasteiger partial charge in [0, 0.05) is 10.8 Å². The summed E-state index contributed by atoms with van der Waals surface area (Å²) in [6.07, 6.45) is 4.74. The van der Waals surface area contributed by atoms with Gasteiger partial charge in [-0.25, -0.2) is 8.78 Å². The van der Waals surface area contributed by atoms with E-state index in [0.717, 1.165) is 37.8 Å². The molecule has 1 aliphatic rings. The van der Waals surface area contributed by atoms with Crippen LogP contribution in [0.5, 0.6) is 0 Å². The first-order valence-corrected chi connectivity index (χ1v) is 6.19. The highest BCUT2D eigenvalue weighted by Gasteiger charge is 2.20. The molecular weight excluding hydrogens is 230 g/mol. The maximum Gasteiger partial charge on any atom is 0.150 e. The Morgan fingerprint density at radius 2 is 1.75 bits per heavy atom. The molecule has 0 spiro atoms. The number of aldehydes is 1. The van der Waals surface area contributed by atoms with Gasteiger partial charge in [0.25, 0.3) is 0 Å². The van der Waals surface area contributed by atoms with E-state index in [-0.39, 0.29) is 10.5 Å². The summed E-state index contributed by atoms with van der Waals surface area (Å²) in [6.45, 7) is 0. The van der Waals surface area contributed by atoms with Crippen LogP contribution in [0.2, 0.25) is 0 Å². The molecule has 0 aliphatic heterocycles. The molecule has 0 atom stereocenters. The van der Waals surface area contributed by atoms with Crippen molar-refractivity contribution in [2.24, 2.45) is 0 Å². The van der Waals surface area contributed by atoms with Gasteiger partial charge in [-0.15, -0.1) is 11.8 Å². The second-order valence-corrected chi connectivity index (χ2v) is 5.27. The van der Waals surface area contributed by atoms with Crippen molar-refractivity contribution in [1.29, 1.82) is 0 Å². The summed E-state index contributed by atoms with van der Waals surface area (Å²) in [5, 5.41) is 0.311. The Labute approximate surface area is 97.2 Å². The number of thioether (sulfide) groups is 1. The first-order chi connectivity index (χ1) is 7.70. The van der Waals surface area contributed by atoms with E-state index in [1.165, 1.54) is 11.8 Å². The Morgan fingerprint density at radius 3 is 2.25 bits per heavy atom. The van der Waals surface area contributed by atoms with Gasteiger partial charge in [0.2, 0.25) is 0 Å². The highest BCUT2D eigenvalue weighted by molar-refractivity contribution is 8.00. The van der Waals surface area contributed by atoms with E-state index in [4.69, 9.17) is 0 Å². The number of hydrogen-bond donors (Lipinski definition) is 0. The molecule has 0 N–H and O–H groups in total. The van der Waals surface area contributed by atoms with E-state index in [1.54, 1.807) is 0 Å². The molecule has 1 fully saturated rings. The van der Waals surface area contributed by atoms with Gasteiger partial charge in [-0.1, -0.05) is 12.8 Å². The highest BCUT2D eigenvalue weighted by Crippen LogP contribution is 2.37. The zero-order valence-corrected chi connectivity index (χ0v) is 9.53. The number of halogens is 2. The largest absolute Gasteiger partial charge is 0.298 e. The summed E-state index contributed by atoms with van der Waals surface area (Å²) >= 11 is 1.26. The van der Waals surface area contributed by atoms with Gasteiger partial charge in [0.1, 0.15) is 17.9 Å². The summed E-state index contributed by atoms with van der Waals surface area (Å²) in [7, 11) is 0. The van der Waals surface area contributed by atoms with E-state index in [9.17, 15) is 13.6 Å². The van der Waals surface area contributed by atoms with Crippen molar-refractivity contribution < 1.29 is 13.6 Å². The third-order valence-electron chi connectivity index (χ3n) is 2.74. The summed E-state index contributed by atoms with van der Waals surface area (Å²) in [5.74, 6) is -1.25. The molecule has 0 amide bonds.